The number of rotatable bonds is 4. The molecule has 0 aromatic carbocycles. The fraction of sp³-hybridized carbons (Fsp3) is 0.562. The van der Waals surface area contributed by atoms with E-state index in [4.69, 9.17) is 0 Å². The van der Waals surface area contributed by atoms with Crippen molar-refractivity contribution in [2.45, 2.75) is 13.5 Å². The Morgan fingerprint density at radius 1 is 1.09 bits per heavy atom. The highest BCUT2D eigenvalue weighted by molar-refractivity contribution is 5.40. The number of hydrogen-bond donors (Lipinski definition) is 0. The van der Waals surface area contributed by atoms with Crippen molar-refractivity contribution < 1.29 is 0 Å². The maximum atomic E-state index is 4.43. The van der Waals surface area contributed by atoms with E-state index in [-0.39, 0.29) is 0 Å². The minimum atomic E-state index is 0.776. The summed E-state index contributed by atoms with van der Waals surface area (Å²) in [5, 5.41) is 0. The smallest absolute Gasteiger partial charge is 0.132 e. The fourth-order valence-electron chi connectivity index (χ4n) is 3.75. The number of aromatic nitrogens is 4. The molecule has 116 valence electrons. The number of aryl methyl sites for hydroxylation is 1. The molecule has 6 heteroatoms. The number of nitrogens with zero attached hydrogens (tertiary/aromatic N) is 6. The second-order valence-electron chi connectivity index (χ2n) is 6.50. The molecule has 2 aromatic heterocycles. The molecule has 2 unspecified atom stereocenters. The third-order valence-corrected chi connectivity index (χ3v) is 4.91. The fourth-order valence-corrected chi connectivity index (χ4v) is 3.75. The largest absolute Gasteiger partial charge is 0.356 e. The highest BCUT2D eigenvalue weighted by Gasteiger charge is 2.40. The summed E-state index contributed by atoms with van der Waals surface area (Å²) in [5.41, 5.74) is 1.05. The summed E-state index contributed by atoms with van der Waals surface area (Å²) in [7, 11) is 0. The van der Waals surface area contributed by atoms with Crippen molar-refractivity contribution in [2.75, 3.05) is 37.6 Å². The van der Waals surface area contributed by atoms with Gasteiger partial charge in [0.1, 0.15) is 12.1 Å². The summed E-state index contributed by atoms with van der Waals surface area (Å²) < 4.78 is 2.16. The van der Waals surface area contributed by atoms with Gasteiger partial charge >= 0.3 is 0 Å². The molecule has 0 radical (unpaired) electrons. The average Bonchev–Trinajstić information content (AvgIpc) is 3.21. The molecule has 0 spiro atoms. The van der Waals surface area contributed by atoms with Crippen LogP contribution in [0.3, 0.4) is 0 Å². The molecule has 2 saturated heterocycles. The summed E-state index contributed by atoms with van der Waals surface area (Å²) in [6.45, 7) is 8.86. The van der Waals surface area contributed by atoms with Crippen LogP contribution in [0.2, 0.25) is 0 Å². The van der Waals surface area contributed by atoms with E-state index in [2.05, 4.69) is 35.4 Å². The van der Waals surface area contributed by atoms with Gasteiger partial charge in [-0.2, -0.15) is 0 Å². The lowest BCUT2D eigenvalue weighted by Crippen LogP contribution is -2.31. The van der Waals surface area contributed by atoms with Crippen molar-refractivity contribution in [3.63, 3.8) is 0 Å². The van der Waals surface area contributed by atoms with E-state index in [1.54, 1.807) is 6.33 Å². The normalized spacial score (nSPS) is 24.9. The van der Waals surface area contributed by atoms with E-state index in [1.807, 2.05) is 25.6 Å². The Bertz CT molecular complexity index is 611. The first kappa shape index (κ1) is 13.7. The zero-order chi connectivity index (χ0) is 14.9. The molecule has 2 atom stereocenters. The van der Waals surface area contributed by atoms with Crippen molar-refractivity contribution in [3.05, 3.63) is 36.8 Å². The number of anilines is 1. The zero-order valence-corrected chi connectivity index (χ0v) is 13.0. The van der Waals surface area contributed by atoms with E-state index < -0.39 is 0 Å². The Kier molecular flexibility index (Phi) is 3.54. The summed E-state index contributed by atoms with van der Waals surface area (Å²) in [4.78, 5) is 17.7. The standard InChI is InChI=1S/C16H22N6/c1-13-6-16(19-11-18-13)22-9-14-7-21(8-15(14)10-22)5-4-20-3-2-17-12-20/h2-3,6,11-12,14-15H,4-5,7-10H2,1H3. The van der Waals surface area contributed by atoms with Crippen molar-refractivity contribution >= 4 is 5.82 Å². The summed E-state index contributed by atoms with van der Waals surface area (Å²) in [5.74, 6) is 2.64. The van der Waals surface area contributed by atoms with Crippen LogP contribution in [0, 0.1) is 18.8 Å². The van der Waals surface area contributed by atoms with Gasteiger partial charge in [-0.05, 0) is 18.8 Å². The van der Waals surface area contributed by atoms with Crippen LogP contribution in [0.1, 0.15) is 5.69 Å². The molecule has 0 aliphatic carbocycles. The minimum Gasteiger partial charge on any atom is -0.356 e. The number of likely N-dealkylation sites (tertiary alicyclic amines) is 1. The SMILES string of the molecule is Cc1cc(N2CC3CN(CCn4ccnc4)CC3C2)ncn1. The highest BCUT2D eigenvalue weighted by Crippen LogP contribution is 2.33. The first-order valence-corrected chi connectivity index (χ1v) is 7.99. The first-order valence-electron chi connectivity index (χ1n) is 7.99. The maximum Gasteiger partial charge on any atom is 0.132 e. The first-order chi connectivity index (χ1) is 10.8. The Morgan fingerprint density at radius 2 is 1.91 bits per heavy atom. The van der Waals surface area contributed by atoms with Crippen LogP contribution in [0.5, 0.6) is 0 Å². The van der Waals surface area contributed by atoms with Gasteiger partial charge in [0.2, 0.25) is 0 Å². The predicted octanol–water partition coefficient (Wildman–Crippen LogP) is 1.05. The maximum absolute atomic E-state index is 4.43. The van der Waals surface area contributed by atoms with Crippen LogP contribution in [0.15, 0.2) is 31.1 Å². The van der Waals surface area contributed by atoms with E-state index in [9.17, 15) is 0 Å². The third kappa shape index (κ3) is 2.70. The molecule has 2 aliphatic heterocycles. The van der Waals surface area contributed by atoms with Gasteiger partial charge in [0.15, 0.2) is 0 Å². The van der Waals surface area contributed by atoms with Gasteiger partial charge in [-0.3, -0.25) is 0 Å². The number of fused-ring (bicyclic) bond motifs is 1. The van der Waals surface area contributed by atoms with Gasteiger partial charge in [-0.1, -0.05) is 0 Å². The lowest BCUT2D eigenvalue weighted by atomic mass is 10.0. The van der Waals surface area contributed by atoms with Crippen LogP contribution in [0.4, 0.5) is 5.82 Å². The van der Waals surface area contributed by atoms with E-state index in [1.165, 1.54) is 13.1 Å². The summed E-state index contributed by atoms with van der Waals surface area (Å²) in [6.07, 6.45) is 7.46. The molecule has 0 amide bonds. The van der Waals surface area contributed by atoms with Crippen LogP contribution < -0.4 is 4.90 Å². The molecule has 6 nitrogen and oxygen atoms in total. The van der Waals surface area contributed by atoms with Gasteiger partial charge in [-0.15, -0.1) is 0 Å². The molecule has 2 fully saturated rings. The molecular weight excluding hydrogens is 276 g/mol. The summed E-state index contributed by atoms with van der Waals surface area (Å²) in [6, 6.07) is 2.10. The van der Waals surface area contributed by atoms with E-state index >= 15 is 0 Å². The number of imidazole rings is 1. The quantitative estimate of drug-likeness (QED) is 0.844. The van der Waals surface area contributed by atoms with E-state index in [0.717, 1.165) is 49.5 Å². The second kappa shape index (κ2) is 5.68. The monoisotopic (exact) mass is 298 g/mol. The average molecular weight is 298 g/mol. The zero-order valence-electron chi connectivity index (χ0n) is 13.0. The Hall–Kier alpha value is -1.95. The van der Waals surface area contributed by atoms with Gasteiger partial charge in [0.25, 0.3) is 0 Å². The number of hydrogen-bond acceptors (Lipinski definition) is 5. The lowest BCUT2D eigenvalue weighted by molar-refractivity contribution is 0.302. The van der Waals surface area contributed by atoms with Crippen molar-refractivity contribution in [1.82, 2.24) is 24.4 Å². The molecule has 0 saturated carbocycles. The molecule has 2 aliphatic rings. The van der Waals surface area contributed by atoms with Gasteiger partial charge in [0, 0.05) is 63.4 Å². The molecule has 4 rings (SSSR count). The Balaban J connectivity index is 1.32. The highest BCUT2D eigenvalue weighted by atomic mass is 15.3. The lowest BCUT2D eigenvalue weighted by Gasteiger charge is -2.22. The van der Waals surface area contributed by atoms with Crippen LogP contribution in [-0.2, 0) is 6.54 Å². The molecular formula is C16H22N6. The van der Waals surface area contributed by atoms with Crippen molar-refractivity contribution in [1.29, 1.82) is 0 Å². The Morgan fingerprint density at radius 3 is 2.59 bits per heavy atom. The van der Waals surface area contributed by atoms with Crippen LogP contribution in [0.25, 0.3) is 0 Å². The molecule has 0 bridgehead atoms. The van der Waals surface area contributed by atoms with Crippen LogP contribution in [-0.4, -0.2) is 57.1 Å². The second-order valence-corrected chi connectivity index (χ2v) is 6.50. The van der Waals surface area contributed by atoms with Crippen molar-refractivity contribution in [3.8, 4) is 0 Å². The van der Waals surface area contributed by atoms with Gasteiger partial charge in [-0.25, -0.2) is 15.0 Å². The van der Waals surface area contributed by atoms with Gasteiger partial charge < -0.3 is 14.4 Å². The molecule has 4 heterocycles. The minimum absolute atomic E-state index is 0.776. The summed E-state index contributed by atoms with van der Waals surface area (Å²) >= 11 is 0. The third-order valence-electron chi connectivity index (χ3n) is 4.91. The van der Waals surface area contributed by atoms with Crippen molar-refractivity contribution in [2.24, 2.45) is 11.8 Å². The topological polar surface area (TPSA) is 50.1 Å². The molecule has 22 heavy (non-hydrogen) atoms. The molecule has 2 aromatic rings. The predicted molar refractivity (Wildman–Crippen MR) is 84.6 cm³/mol. The van der Waals surface area contributed by atoms with Crippen LogP contribution >= 0.6 is 0 Å². The van der Waals surface area contributed by atoms with E-state index in [0.29, 0.717) is 0 Å². The Labute approximate surface area is 130 Å². The van der Waals surface area contributed by atoms with Gasteiger partial charge in [0.05, 0.1) is 6.33 Å². The molecule has 0 N–H and O–H groups in total.